The first kappa shape index (κ1) is 3.03. The maximum absolute atomic E-state index is 5.19. The summed E-state index contributed by atoms with van der Waals surface area (Å²) in [5.41, 5.74) is 0. The molecule has 1 aliphatic carbocycles. The summed E-state index contributed by atoms with van der Waals surface area (Å²) in [6.07, 6.45) is 3.21. The number of hydrogen-bond donors (Lipinski definition) is 0. The molecule has 0 aromatic rings. The molecule has 3 aliphatic rings. The molecule has 0 aromatic heterocycles. The smallest absolute Gasteiger partial charge is 0.0588 e. The van der Waals surface area contributed by atoms with E-state index in [1.807, 2.05) is 0 Å². The van der Waals surface area contributed by atoms with Gasteiger partial charge in [0.05, 0.1) is 12.7 Å². The second-order valence-corrected chi connectivity index (χ2v) is 2.09. The highest BCUT2D eigenvalue weighted by molar-refractivity contribution is 5.10. The Kier molecular flexibility index (Phi) is 0.396. The Morgan fingerprint density at radius 3 is 2.50 bits per heavy atom. The predicted octanol–water partition coefficient (Wildman–Crippen LogP) is 0.753. The third kappa shape index (κ3) is 0.207. The Labute approximate surface area is 37.3 Å². The number of fused-ring (bicyclic) bond motifs is 1. The quantitative estimate of drug-likeness (QED) is 0.420. The van der Waals surface area contributed by atoms with Crippen molar-refractivity contribution in [1.29, 1.82) is 0 Å². The van der Waals surface area contributed by atoms with Crippen LogP contribution in [0, 0.1) is 5.92 Å². The minimum atomic E-state index is 0.653. The molecule has 0 atom stereocenters. The topological polar surface area (TPSA) is 9.23 Å². The lowest BCUT2D eigenvalue weighted by Gasteiger charge is -2.17. The minimum absolute atomic E-state index is 0.653. The predicted molar refractivity (Wildman–Crippen MR) is 22.2 cm³/mol. The fourth-order valence-corrected chi connectivity index (χ4v) is 1.06. The van der Waals surface area contributed by atoms with Crippen LogP contribution in [-0.2, 0) is 4.74 Å². The molecule has 1 heteroatoms. The molecule has 0 spiro atoms. The highest BCUT2D eigenvalue weighted by atomic mass is 16.5. The number of rotatable bonds is 0. The summed E-state index contributed by atoms with van der Waals surface area (Å²) in [5.74, 6) is 1.63. The molecule has 2 aliphatic heterocycles. The second-order valence-electron chi connectivity index (χ2n) is 2.09. The summed E-state index contributed by atoms with van der Waals surface area (Å²) in [4.78, 5) is 0. The van der Waals surface area contributed by atoms with Crippen LogP contribution in [0.1, 0.15) is 12.8 Å². The van der Waals surface area contributed by atoms with E-state index in [-0.39, 0.29) is 0 Å². The van der Waals surface area contributed by atoms with Crippen molar-refractivity contribution in [3.8, 4) is 0 Å². The molecule has 0 unspecified atom stereocenters. The van der Waals surface area contributed by atoms with Crippen LogP contribution in [0.4, 0.5) is 0 Å². The van der Waals surface area contributed by atoms with Crippen molar-refractivity contribution in [2.75, 3.05) is 6.61 Å². The lowest BCUT2D eigenvalue weighted by Crippen LogP contribution is -2.15. The second kappa shape index (κ2) is 0.784. The first-order valence-corrected chi connectivity index (χ1v) is 2.40. The zero-order valence-corrected chi connectivity index (χ0v) is 3.61. The molecule has 0 aromatic carbocycles. The van der Waals surface area contributed by atoms with Gasteiger partial charge in [0.15, 0.2) is 0 Å². The molecule has 0 amide bonds. The maximum Gasteiger partial charge on any atom is 0.0588 e. The van der Waals surface area contributed by atoms with Crippen molar-refractivity contribution in [2.24, 2.45) is 0 Å². The van der Waals surface area contributed by atoms with Crippen LogP contribution in [-0.4, -0.2) is 12.7 Å². The number of ether oxygens (including phenoxy) is 1. The molecule has 3 fully saturated rings. The molecule has 33 valence electrons. The highest BCUT2D eigenvalue weighted by Gasteiger charge is 2.37. The van der Waals surface area contributed by atoms with Crippen molar-refractivity contribution in [1.82, 2.24) is 0 Å². The zero-order valence-electron chi connectivity index (χ0n) is 3.61. The summed E-state index contributed by atoms with van der Waals surface area (Å²) >= 11 is 0. The molecule has 1 radical (unpaired) electrons. The van der Waals surface area contributed by atoms with Gasteiger partial charge in [0, 0.05) is 5.92 Å². The molecule has 3 rings (SSSR count). The number of hydrogen-bond acceptors (Lipinski definition) is 1. The Morgan fingerprint density at radius 2 is 2.33 bits per heavy atom. The van der Waals surface area contributed by atoms with Crippen molar-refractivity contribution in [2.45, 2.75) is 18.9 Å². The Bertz CT molecular complexity index is 50.8. The molecule has 0 N–H and O–H groups in total. The van der Waals surface area contributed by atoms with Gasteiger partial charge in [0.25, 0.3) is 0 Å². The van der Waals surface area contributed by atoms with Gasteiger partial charge < -0.3 is 4.74 Å². The van der Waals surface area contributed by atoms with Gasteiger partial charge >= 0.3 is 0 Å². The van der Waals surface area contributed by atoms with Gasteiger partial charge in [0.1, 0.15) is 0 Å². The van der Waals surface area contributed by atoms with Gasteiger partial charge in [-0.05, 0) is 12.8 Å². The lowest BCUT2D eigenvalue weighted by molar-refractivity contribution is 0.130. The van der Waals surface area contributed by atoms with E-state index in [9.17, 15) is 0 Å². The van der Waals surface area contributed by atoms with Crippen molar-refractivity contribution >= 4 is 0 Å². The molecule has 1 saturated carbocycles. The van der Waals surface area contributed by atoms with E-state index in [0.29, 0.717) is 6.10 Å². The monoisotopic (exact) mass is 83.0 g/mol. The van der Waals surface area contributed by atoms with E-state index in [1.165, 1.54) is 12.8 Å². The van der Waals surface area contributed by atoms with Gasteiger partial charge in [-0.2, -0.15) is 0 Å². The summed E-state index contributed by atoms with van der Waals surface area (Å²) in [5, 5.41) is 0. The fourth-order valence-electron chi connectivity index (χ4n) is 1.06. The van der Waals surface area contributed by atoms with Crippen LogP contribution in [0.25, 0.3) is 0 Å². The SMILES string of the molecule is C1OC2C[C]1C2. The first-order chi connectivity index (χ1) is 2.95. The normalized spacial score (nSPS) is 34.0. The van der Waals surface area contributed by atoms with Crippen molar-refractivity contribution < 1.29 is 4.74 Å². The molecule has 2 heterocycles. The molecule has 6 heavy (non-hydrogen) atoms. The van der Waals surface area contributed by atoms with Gasteiger partial charge in [-0.1, -0.05) is 0 Å². The zero-order chi connectivity index (χ0) is 3.98. The summed E-state index contributed by atoms with van der Waals surface area (Å²) < 4.78 is 5.19. The van der Waals surface area contributed by atoms with Crippen molar-refractivity contribution in [3.05, 3.63) is 5.92 Å². The van der Waals surface area contributed by atoms with Gasteiger partial charge in [0.2, 0.25) is 0 Å². The third-order valence-electron chi connectivity index (χ3n) is 1.56. The van der Waals surface area contributed by atoms with E-state index in [2.05, 4.69) is 0 Å². The van der Waals surface area contributed by atoms with Crippen LogP contribution in [0.5, 0.6) is 0 Å². The van der Waals surface area contributed by atoms with E-state index in [0.717, 1.165) is 6.61 Å². The van der Waals surface area contributed by atoms with Crippen LogP contribution < -0.4 is 0 Å². The lowest BCUT2D eigenvalue weighted by atomic mass is 9.87. The van der Waals surface area contributed by atoms with Crippen LogP contribution in [0.15, 0.2) is 0 Å². The third-order valence-corrected chi connectivity index (χ3v) is 1.56. The standard InChI is InChI=1S/C5H7O/c1-4-2-5(1)6-3-4/h5H,1-3H2. The fraction of sp³-hybridized carbons (Fsp3) is 0.800. The molecule has 1 nitrogen and oxygen atoms in total. The molecule has 2 bridgehead atoms. The van der Waals surface area contributed by atoms with Gasteiger partial charge in [-0.15, -0.1) is 0 Å². The average molecular weight is 83.1 g/mol. The van der Waals surface area contributed by atoms with E-state index in [4.69, 9.17) is 4.74 Å². The molecule has 2 saturated heterocycles. The maximum atomic E-state index is 5.19. The Balaban J connectivity index is 2.16. The Hall–Kier alpha value is -0.0400. The van der Waals surface area contributed by atoms with E-state index < -0.39 is 0 Å². The summed E-state index contributed by atoms with van der Waals surface area (Å²) in [6, 6.07) is 0. The molecular weight excluding hydrogens is 76.1 g/mol. The van der Waals surface area contributed by atoms with E-state index >= 15 is 0 Å². The van der Waals surface area contributed by atoms with Crippen LogP contribution in [0.3, 0.4) is 0 Å². The van der Waals surface area contributed by atoms with E-state index in [1.54, 1.807) is 5.92 Å². The van der Waals surface area contributed by atoms with Crippen LogP contribution in [0.2, 0.25) is 0 Å². The largest absolute Gasteiger partial charge is 0.378 e. The highest BCUT2D eigenvalue weighted by Crippen LogP contribution is 2.39. The molecular formula is C5H7O. The Morgan fingerprint density at radius 1 is 1.50 bits per heavy atom. The first-order valence-electron chi connectivity index (χ1n) is 2.40. The average Bonchev–Trinajstić information content (AvgIpc) is 1.72. The summed E-state index contributed by atoms with van der Waals surface area (Å²) in [7, 11) is 0. The summed E-state index contributed by atoms with van der Waals surface area (Å²) in [6.45, 7) is 0.977. The van der Waals surface area contributed by atoms with Crippen LogP contribution >= 0.6 is 0 Å². The van der Waals surface area contributed by atoms with Crippen molar-refractivity contribution in [3.63, 3.8) is 0 Å². The minimum Gasteiger partial charge on any atom is -0.378 e. The van der Waals surface area contributed by atoms with Gasteiger partial charge in [-0.25, -0.2) is 0 Å². The van der Waals surface area contributed by atoms with Gasteiger partial charge in [-0.3, -0.25) is 0 Å².